The predicted molar refractivity (Wildman–Crippen MR) is 58.7 cm³/mol. The van der Waals surface area contributed by atoms with Crippen LogP contribution in [0.25, 0.3) is 0 Å². The maximum Gasteiger partial charge on any atom is 0.142 e. The normalized spacial score (nSPS) is 13.6. The molecule has 0 radical (unpaired) electrons. The summed E-state index contributed by atoms with van der Waals surface area (Å²) in [6.45, 7) is 10.8. The Morgan fingerprint density at radius 2 is 1.93 bits per heavy atom. The minimum Gasteiger partial charge on any atom is -0.361 e. The Kier molecular flexibility index (Phi) is 3.73. The maximum absolute atomic E-state index is 5.37. The zero-order chi connectivity index (χ0) is 10.7. The number of hydrogen-bond donors (Lipinski definition) is 0. The molecule has 0 aliphatic carbocycles. The summed E-state index contributed by atoms with van der Waals surface area (Å²) in [6, 6.07) is 0. The van der Waals surface area contributed by atoms with E-state index in [1.807, 2.05) is 6.92 Å². The lowest BCUT2D eigenvalue weighted by Crippen LogP contribution is -1.99. The second-order valence-corrected chi connectivity index (χ2v) is 4.39. The molecule has 0 fully saturated rings. The van der Waals surface area contributed by atoms with Gasteiger partial charge >= 0.3 is 0 Å². The molecule has 0 bridgehead atoms. The molecular weight excluding hydrogens is 174 g/mol. The Morgan fingerprint density at radius 1 is 1.29 bits per heavy atom. The van der Waals surface area contributed by atoms with Crippen molar-refractivity contribution in [3.63, 3.8) is 0 Å². The number of aromatic nitrogens is 1. The van der Waals surface area contributed by atoms with Crippen molar-refractivity contribution in [2.45, 2.75) is 59.3 Å². The molecule has 14 heavy (non-hydrogen) atoms. The lowest BCUT2D eigenvalue weighted by Gasteiger charge is -2.11. The Bertz CT molecular complexity index is 289. The van der Waals surface area contributed by atoms with Crippen molar-refractivity contribution in [3.8, 4) is 0 Å². The quantitative estimate of drug-likeness (QED) is 0.725. The first-order chi connectivity index (χ1) is 6.57. The highest BCUT2D eigenvalue weighted by Crippen LogP contribution is 2.31. The third-order valence-corrected chi connectivity index (χ3v) is 2.68. The van der Waals surface area contributed by atoms with Gasteiger partial charge in [0, 0.05) is 11.5 Å². The van der Waals surface area contributed by atoms with E-state index in [1.165, 1.54) is 18.4 Å². The molecule has 0 saturated heterocycles. The minimum atomic E-state index is 0.436. The second-order valence-electron chi connectivity index (χ2n) is 4.39. The Labute approximate surface area is 86.7 Å². The molecule has 1 aromatic heterocycles. The van der Waals surface area contributed by atoms with E-state index in [1.54, 1.807) is 0 Å². The first-order valence-electron chi connectivity index (χ1n) is 5.54. The summed E-state index contributed by atoms with van der Waals surface area (Å²) < 4.78 is 5.37. The van der Waals surface area contributed by atoms with Gasteiger partial charge in [-0.3, -0.25) is 0 Å². The van der Waals surface area contributed by atoms with E-state index in [0.29, 0.717) is 11.8 Å². The predicted octanol–water partition coefficient (Wildman–Crippen LogP) is 4.01. The summed E-state index contributed by atoms with van der Waals surface area (Å²) >= 11 is 0. The smallest absolute Gasteiger partial charge is 0.142 e. The molecule has 2 heteroatoms. The molecule has 2 nitrogen and oxygen atoms in total. The van der Waals surface area contributed by atoms with Crippen LogP contribution >= 0.6 is 0 Å². The second kappa shape index (κ2) is 4.63. The van der Waals surface area contributed by atoms with Crippen molar-refractivity contribution >= 4 is 0 Å². The third-order valence-electron chi connectivity index (χ3n) is 2.68. The van der Waals surface area contributed by atoms with Gasteiger partial charge in [0.2, 0.25) is 0 Å². The highest BCUT2D eigenvalue weighted by atomic mass is 16.5. The largest absolute Gasteiger partial charge is 0.361 e. The Hall–Kier alpha value is -0.790. The Balaban J connectivity index is 2.98. The fourth-order valence-corrected chi connectivity index (χ4v) is 1.99. The van der Waals surface area contributed by atoms with Crippen molar-refractivity contribution in [3.05, 3.63) is 17.0 Å². The van der Waals surface area contributed by atoms with Gasteiger partial charge < -0.3 is 4.52 Å². The van der Waals surface area contributed by atoms with Crippen LogP contribution in [0, 0.1) is 6.92 Å². The summed E-state index contributed by atoms with van der Waals surface area (Å²) in [5.74, 6) is 2.08. The van der Waals surface area contributed by atoms with E-state index in [0.717, 1.165) is 11.5 Å². The molecule has 1 aromatic rings. The van der Waals surface area contributed by atoms with Crippen LogP contribution in [-0.4, -0.2) is 5.16 Å². The van der Waals surface area contributed by atoms with Gasteiger partial charge in [0.15, 0.2) is 0 Å². The van der Waals surface area contributed by atoms with Gasteiger partial charge in [-0.2, -0.15) is 0 Å². The van der Waals surface area contributed by atoms with Crippen LogP contribution in [-0.2, 0) is 0 Å². The maximum atomic E-state index is 5.37. The molecule has 0 amide bonds. The van der Waals surface area contributed by atoms with Gasteiger partial charge in [-0.1, -0.05) is 39.3 Å². The summed E-state index contributed by atoms with van der Waals surface area (Å²) in [6.07, 6.45) is 2.42. The molecule has 0 aromatic carbocycles. The van der Waals surface area contributed by atoms with Crippen LogP contribution in [0.1, 0.15) is 69.4 Å². The van der Waals surface area contributed by atoms with Crippen LogP contribution in [0.5, 0.6) is 0 Å². The molecule has 80 valence electrons. The van der Waals surface area contributed by atoms with Crippen LogP contribution in [0.2, 0.25) is 0 Å². The molecule has 0 saturated carbocycles. The van der Waals surface area contributed by atoms with Crippen molar-refractivity contribution in [1.29, 1.82) is 0 Å². The van der Waals surface area contributed by atoms with E-state index in [2.05, 4.69) is 32.9 Å². The van der Waals surface area contributed by atoms with Crippen molar-refractivity contribution in [2.24, 2.45) is 0 Å². The van der Waals surface area contributed by atoms with Gasteiger partial charge in [0.25, 0.3) is 0 Å². The van der Waals surface area contributed by atoms with Gasteiger partial charge in [-0.25, -0.2) is 0 Å². The first kappa shape index (κ1) is 11.3. The standard InChI is InChI=1S/C12H21NO/c1-6-7-9(4)11-10(5)13-14-12(11)8(2)3/h8-9H,6-7H2,1-5H3. The van der Waals surface area contributed by atoms with Crippen LogP contribution in [0.15, 0.2) is 4.52 Å². The molecule has 1 atom stereocenters. The highest BCUT2D eigenvalue weighted by Gasteiger charge is 2.20. The summed E-state index contributed by atoms with van der Waals surface area (Å²) in [5, 5.41) is 4.07. The van der Waals surface area contributed by atoms with Gasteiger partial charge in [0.1, 0.15) is 5.76 Å². The summed E-state index contributed by atoms with van der Waals surface area (Å²) in [4.78, 5) is 0. The van der Waals surface area contributed by atoms with Crippen molar-refractivity contribution in [1.82, 2.24) is 5.16 Å². The first-order valence-corrected chi connectivity index (χ1v) is 5.54. The zero-order valence-electron chi connectivity index (χ0n) is 9.92. The number of aryl methyl sites for hydroxylation is 1. The highest BCUT2D eigenvalue weighted by molar-refractivity contribution is 5.27. The van der Waals surface area contributed by atoms with Gasteiger partial charge in [-0.15, -0.1) is 0 Å². The third kappa shape index (κ3) is 2.17. The van der Waals surface area contributed by atoms with Crippen LogP contribution < -0.4 is 0 Å². The van der Waals surface area contributed by atoms with Crippen molar-refractivity contribution in [2.75, 3.05) is 0 Å². The molecule has 0 N–H and O–H groups in total. The van der Waals surface area contributed by atoms with Crippen molar-refractivity contribution < 1.29 is 4.52 Å². The molecular formula is C12H21NO. The molecule has 0 aliphatic heterocycles. The van der Waals surface area contributed by atoms with E-state index < -0.39 is 0 Å². The lowest BCUT2D eigenvalue weighted by molar-refractivity contribution is 0.365. The SMILES string of the molecule is CCCC(C)c1c(C)noc1C(C)C. The number of nitrogens with zero attached hydrogens (tertiary/aromatic N) is 1. The monoisotopic (exact) mass is 195 g/mol. The lowest BCUT2D eigenvalue weighted by atomic mass is 9.91. The molecule has 0 aliphatic rings. The average molecular weight is 195 g/mol. The van der Waals surface area contributed by atoms with E-state index in [-0.39, 0.29) is 0 Å². The van der Waals surface area contributed by atoms with Crippen LogP contribution in [0.4, 0.5) is 0 Å². The molecule has 1 heterocycles. The average Bonchev–Trinajstić information content (AvgIpc) is 2.47. The topological polar surface area (TPSA) is 26.0 Å². The number of rotatable bonds is 4. The number of hydrogen-bond acceptors (Lipinski definition) is 2. The van der Waals surface area contributed by atoms with E-state index >= 15 is 0 Å². The van der Waals surface area contributed by atoms with Gasteiger partial charge in [-0.05, 0) is 19.3 Å². The van der Waals surface area contributed by atoms with E-state index in [9.17, 15) is 0 Å². The zero-order valence-corrected chi connectivity index (χ0v) is 9.92. The van der Waals surface area contributed by atoms with Crippen LogP contribution in [0.3, 0.4) is 0 Å². The Morgan fingerprint density at radius 3 is 2.43 bits per heavy atom. The van der Waals surface area contributed by atoms with Gasteiger partial charge in [0.05, 0.1) is 5.69 Å². The summed E-state index contributed by atoms with van der Waals surface area (Å²) in [7, 11) is 0. The van der Waals surface area contributed by atoms with E-state index in [4.69, 9.17) is 4.52 Å². The molecule has 1 rings (SSSR count). The molecule has 1 unspecified atom stereocenters. The molecule has 0 spiro atoms. The summed E-state index contributed by atoms with van der Waals surface area (Å²) in [5.41, 5.74) is 2.40. The fourth-order valence-electron chi connectivity index (χ4n) is 1.99. The minimum absolute atomic E-state index is 0.436. The fraction of sp³-hybridized carbons (Fsp3) is 0.750.